The van der Waals surface area contributed by atoms with E-state index in [4.69, 9.17) is 10.8 Å². The zero-order valence-corrected chi connectivity index (χ0v) is 10.7. The second-order valence-corrected chi connectivity index (χ2v) is 4.19. The van der Waals surface area contributed by atoms with Gasteiger partial charge in [0.15, 0.2) is 0 Å². The van der Waals surface area contributed by atoms with Crippen molar-refractivity contribution in [1.82, 2.24) is 5.32 Å². The van der Waals surface area contributed by atoms with Gasteiger partial charge < -0.3 is 16.2 Å². The Balaban J connectivity index is 2.38. The first-order chi connectivity index (χ1) is 9.61. The van der Waals surface area contributed by atoms with E-state index in [1.807, 2.05) is 12.1 Å². The Morgan fingerprint density at radius 1 is 1.00 bits per heavy atom. The highest BCUT2D eigenvalue weighted by Crippen LogP contribution is 2.21. The van der Waals surface area contributed by atoms with Crippen LogP contribution >= 0.6 is 0 Å². The second-order valence-electron chi connectivity index (χ2n) is 4.19. The quantitative estimate of drug-likeness (QED) is 0.727. The number of hydrogen-bond donors (Lipinski definition) is 3. The molecule has 0 unspecified atom stereocenters. The van der Waals surface area contributed by atoms with E-state index >= 15 is 0 Å². The highest BCUT2D eigenvalue weighted by atomic mass is 16.3. The van der Waals surface area contributed by atoms with Gasteiger partial charge >= 0.3 is 0 Å². The molecule has 0 bridgehead atoms. The van der Waals surface area contributed by atoms with Crippen LogP contribution in [-0.4, -0.2) is 23.7 Å². The summed E-state index contributed by atoms with van der Waals surface area (Å²) in [7, 11) is 0. The van der Waals surface area contributed by atoms with E-state index in [1.165, 1.54) is 0 Å². The monoisotopic (exact) mass is 270 g/mol. The van der Waals surface area contributed by atoms with Crippen molar-refractivity contribution >= 4 is 11.8 Å². The van der Waals surface area contributed by atoms with E-state index in [2.05, 4.69) is 5.32 Å². The fourth-order valence-electron chi connectivity index (χ4n) is 1.87. The number of primary amides is 1. The van der Waals surface area contributed by atoms with Gasteiger partial charge in [-0.15, -0.1) is 0 Å². The average Bonchev–Trinajstić information content (AvgIpc) is 2.48. The lowest BCUT2D eigenvalue weighted by molar-refractivity contribution is 0.0909. The first-order valence-corrected chi connectivity index (χ1v) is 6.01. The molecule has 0 aliphatic carbocycles. The summed E-state index contributed by atoms with van der Waals surface area (Å²) in [5, 5.41) is 11.0. The molecule has 0 aromatic heterocycles. The van der Waals surface area contributed by atoms with Gasteiger partial charge in [0, 0.05) is 11.1 Å². The number of nitrogens with two attached hydrogens (primary N) is 1. The minimum absolute atomic E-state index is 0.361. The molecular weight excluding hydrogens is 256 g/mol. The molecule has 20 heavy (non-hydrogen) atoms. The number of benzene rings is 2. The second kappa shape index (κ2) is 5.99. The maximum atomic E-state index is 11.7. The van der Waals surface area contributed by atoms with Gasteiger partial charge in [0.2, 0.25) is 5.91 Å². The van der Waals surface area contributed by atoms with Gasteiger partial charge in [0.25, 0.3) is 5.91 Å². The molecule has 2 aromatic rings. The van der Waals surface area contributed by atoms with Gasteiger partial charge in [-0.2, -0.15) is 0 Å². The van der Waals surface area contributed by atoms with Gasteiger partial charge in [-0.1, -0.05) is 24.3 Å². The summed E-state index contributed by atoms with van der Waals surface area (Å²) < 4.78 is 0. The molecule has 4 N–H and O–H groups in total. The predicted molar refractivity (Wildman–Crippen MR) is 74.9 cm³/mol. The molecule has 102 valence electrons. The molecule has 2 aromatic carbocycles. The van der Waals surface area contributed by atoms with Crippen LogP contribution in [0.1, 0.15) is 20.7 Å². The minimum Gasteiger partial charge on any atom is -0.376 e. The Labute approximate surface area is 116 Å². The molecule has 2 rings (SSSR count). The Hall–Kier alpha value is -2.66. The first-order valence-electron chi connectivity index (χ1n) is 6.01. The molecule has 0 heterocycles. The number of amides is 2. The van der Waals surface area contributed by atoms with Crippen LogP contribution in [0.25, 0.3) is 11.1 Å². The highest BCUT2D eigenvalue weighted by Gasteiger charge is 2.07. The first kappa shape index (κ1) is 13.8. The number of hydrogen-bond acceptors (Lipinski definition) is 3. The summed E-state index contributed by atoms with van der Waals surface area (Å²) in [5.41, 5.74) is 7.67. The number of aliphatic hydroxyl groups is 1. The fraction of sp³-hybridized carbons (Fsp3) is 0.0667. The molecule has 0 aliphatic heterocycles. The van der Waals surface area contributed by atoms with Gasteiger partial charge in [-0.05, 0) is 35.4 Å². The van der Waals surface area contributed by atoms with Crippen LogP contribution in [0, 0.1) is 0 Å². The summed E-state index contributed by atoms with van der Waals surface area (Å²) in [6, 6.07) is 13.8. The number of aliphatic hydroxyl groups excluding tert-OH is 1. The van der Waals surface area contributed by atoms with E-state index < -0.39 is 12.6 Å². The average molecular weight is 270 g/mol. The van der Waals surface area contributed by atoms with E-state index in [1.54, 1.807) is 36.4 Å². The molecule has 0 spiro atoms. The lowest BCUT2D eigenvalue weighted by atomic mass is 10.0. The molecule has 0 radical (unpaired) electrons. The zero-order chi connectivity index (χ0) is 14.5. The Morgan fingerprint density at radius 2 is 1.55 bits per heavy atom. The van der Waals surface area contributed by atoms with E-state index in [0.717, 1.165) is 11.1 Å². The number of nitrogens with one attached hydrogen (secondary N) is 1. The van der Waals surface area contributed by atoms with Crippen molar-refractivity contribution in [1.29, 1.82) is 0 Å². The van der Waals surface area contributed by atoms with Crippen LogP contribution in [-0.2, 0) is 0 Å². The van der Waals surface area contributed by atoms with Crippen LogP contribution in [0.2, 0.25) is 0 Å². The highest BCUT2D eigenvalue weighted by molar-refractivity contribution is 5.96. The van der Waals surface area contributed by atoms with Gasteiger partial charge in [-0.25, -0.2) is 0 Å². The lowest BCUT2D eigenvalue weighted by Gasteiger charge is -2.06. The predicted octanol–water partition coefficient (Wildman–Crippen LogP) is 1.13. The van der Waals surface area contributed by atoms with Crippen molar-refractivity contribution in [2.75, 3.05) is 6.73 Å². The summed E-state index contributed by atoms with van der Waals surface area (Å²) in [4.78, 5) is 22.8. The Morgan fingerprint density at radius 3 is 2.10 bits per heavy atom. The summed E-state index contributed by atoms with van der Waals surface area (Å²) in [6.45, 7) is -0.416. The van der Waals surface area contributed by atoms with Crippen molar-refractivity contribution in [2.45, 2.75) is 0 Å². The summed E-state index contributed by atoms with van der Waals surface area (Å²) >= 11 is 0. The third kappa shape index (κ3) is 3.02. The smallest absolute Gasteiger partial charge is 0.253 e. The maximum Gasteiger partial charge on any atom is 0.253 e. The molecule has 5 heteroatoms. The van der Waals surface area contributed by atoms with Crippen LogP contribution in [0.4, 0.5) is 0 Å². The minimum atomic E-state index is -0.499. The third-order valence-corrected chi connectivity index (χ3v) is 2.84. The standard InChI is InChI=1S/C15H14N2O3/c16-14(19)12-5-1-3-10(7-12)11-4-2-6-13(8-11)15(20)17-9-18/h1-8,18H,9H2,(H2,16,19)(H,17,20). The normalized spacial score (nSPS) is 10.1. The zero-order valence-electron chi connectivity index (χ0n) is 10.7. The van der Waals surface area contributed by atoms with Crippen molar-refractivity contribution in [2.24, 2.45) is 5.73 Å². The van der Waals surface area contributed by atoms with Crippen LogP contribution in [0.3, 0.4) is 0 Å². The largest absolute Gasteiger partial charge is 0.376 e. The molecule has 0 aliphatic rings. The summed E-state index contributed by atoms with van der Waals surface area (Å²) in [5.74, 6) is -0.860. The lowest BCUT2D eigenvalue weighted by Crippen LogP contribution is -2.23. The van der Waals surface area contributed by atoms with Crippen molar-refractivity contribution < 1.29 is 14.7 Å². The Bertz CT molecular complexity index is 653. The molecule has 0 saturated heterocycles. The van der Waals surface area contributed by atoms with Crippen LogP contribution in [0.5, 0.6) is 0 Å². The van der Waals surface area contributed by atoms with Crippen molar-refractivity contribution in [3.05, 3.63) is 59.7 Å². The molecule has 0 saturated carbocycles. The topological polar surface area (TPSA) is 92.4 Å². The molecular formula is C15H14N2O3. The number of carbonyl (C=O) groups is 2. The third-order valence-electron chi connectivity index (χ3n) is 2.84. The van der Waals surface area contributed by atoms with Crippen LogP contribution < -0.4 is 11.1 Å². The number of carbonyl (C=O) groups excluding carboxylic acids is 2. The van der Waals surface area contributed by atoms with Gasteiger partial charge in [0.05, 0.1) is 0 Å². The van der Waals surface area contributed by atoms with Gasteiger partial charge in [0.1, 0.15) is 6.73 Å². The fourth-order valence-corrected chi connectivity index (χ4v) is 1.87. The van der Waals surface area contributed by atoms with Gasteiger partial charge in [-0.3, -0.25) is 9.59 Å². The molecule has 5 nitrogen and oxygen atoms in total. The van der Waals surface area contributed by atoms with E-state index in [9.17, 15) is 9.59 Å². The Kier molecular flexibility index (Phi) is 4.12. The number of rotatable bonds is 4. The van der Waals surface area contributed by atoms with Crippen molar-refractivity contribution in [3.8, 4) is 11.1 Å². The van der Waals surface area contributed by atoms with E-state index in [0.29, 0.717) is 11.1 Å². The maximum absolute atomic E-state index is 11.7. The molecule has 2 amide bonds. The molecule has 0 fully saturated rings. The van der Waals surface area contributed by atoms with E-state index in [-0.39, 0.29) is 5.91 Å². The SMILES string of the molecule is NC(=O)c1cccc(-c2cccc(C(=O)NCO)c2)c1. The molecule has 0 atom stereocenters. The van der Waals surface area contributed by atoms with Crippen LogP contribution in [0.15, 0.2) is 48.5 Å². The van der Waals surface area contributed by atoms with Crippen molar-refractivity contribution in [3.63, 3.8) is 0 Å². The summed E-state index contributed by atoms with van der Waals surface area (Å²) in [6.07, 6.45) is 0.